The highest BCUT2D eigenvalue weighted by molar-refractivity contribution is 5.94. The van der Waals surface area contributed by atoms with Gasteiger partial charge >= 0.3 is 0 Å². The smallest absolute Gasteiger partial charge is 0.253 e. The predicted octanol–water partition coefficient (Wildman–Crippen LogP) is 1.73. The number of nitrogens with two attached hydrogens (primary N) is 1. The minimum atomic E-state index is -0.283. The number of aryl methyl sites for hydroxylation is 1. The average Bonchev–Trinajstić information content (AvgIpc) is 2.68. The number of amides is 1. The normalized spacial score (nSPS) is 19.0. The molecule has 1 aromatic rings. The molecule has 1 saturated heterocycles. The molecule has 0 bridgehead atoms. The largest absolute Gasteiger partial charge is 0.337 e. The SMILES string of the molecule is Cc1cc(C(=O)N2CC[C@H](N)C2)ccc1F.Cl. The van der Waals surface area contributed by atoms with Crippen LogP contribution >= 0.6 is 12.4 Å². The Hall–Kier alpha value is -1.13. The molecule has 1 fully saturated rings. The van der Waals surface area contributed by atoms with Gasteiger partial charge < -0.3 is 10.6 Å². The number of hydrogen-bond acceptors (Lipinski definition) is 2. The third-order valence-electron chi connectivity index (χ3n) is 2.92. The van der Waals surface area contributed by atoms with Crippen LogP contribution in [0.3, 0.4) is 0 Å². The zero-order valence-electron chi connectivity index (χ0n) is 9.65. The number of benzene rings is 1. The second-order valence-corrected chi connectivity index (χ2v) is 4.26. The molecule has 1 aliphatic heterocycles. The van der Waals surface area contributed by atoms with E-state index in [0.717, 1.165) is 6.42 Å². The monoisotopic (exact) mass is 258 g/mol. The summed E-state index contributed by atoms with van der Waals surface area (Å²) in [6.07, 6.45) is 0.839. The third kappa shape index (κ3) is 2.96. The maximum absolute atomic E-state index is 13.1. The van der Waals surface area contributed by atoms with Gasteiger partial charge in [0.05, 0.1) is 0 Å². The van der Waals surface area contributed by atoms with E-state index >= 15 is 0 Å². The predicted molar refractivity (Wildman–Crippen MR) is 66.9 cm³/mol. The molecule has 0 spiro atoms. The van der Waals surface area contributed by atoms with Crippen molar-refractivity contribution >= 4 is 18.3 Å². The Bertz CT molecular complexity index is 425. The average molecular weight is 259 g/mol. The van der Waals surface area contributed by atoms with Crippen LogP contribution in [-0.2, 0) is 0 Å². The standard InChI is InChI=1S/C12H15FN2O.ClH/c1-8-6-9(2-3-11(8)13)12(16)15-5-4-10(14)7-15;/h2-3,6,10H,4-5,7,14H2,1H3;1H/t10-;/m0./s1. The Balaban J connectivity index is 0.00000144. The maximum Gasteiger partial charge on any atom is 0.253 e. The molecule has 1 heterocycles. The molecular weight excluding hydrogens is 243 g/mol. The molecule has 3 nitrogen and oxygen atoms in total. The minimum absolute atomic E-state index is 0. The first-order chi connectivity index (χ1) is 7.58. The van der Waals surface area contributed by atoms with E-state index in [1.54, 1.807) is 17.9 Å². The van der Waals surface area contributed by atoms with E-state index in [1.165, 1.54) is 12.1 Å². The van der Waals surface area contributed by atoms with Crippen molar-refractivity contribution in [3.8, 4) is 0 Å². The lowest BCUT2D eigenvalue weighted by Gasteiger charge is -2.16. The number of likely N-dealkylation sites (tertiary alicyclic amines) is 1. The number of carbonyl (C=O) groups excluding carboxylic acids is 1. The number of nitrogens with zero attached hydrogens (tertiary/aromatic N) is 1. The van der Waals surface area contributed by atoms with E-state index in [1.807, 2.05) is 0 Å². The number of carbonyl (C=O) groups is 1. The van der Waals surface area contributed by atoms with Crippen molar-refractivity contribution in [3.05, 3.63) is 35.1 Å². The highest BCUT2D eigenvalue weighted by atomic mass is 35.5. The van der Waals surface area contributed by atoms with E-state index in [0.29, 0.717) is 24.2 Å². The summed E-state index contributed by atoms with van der Waals surface area (Å²) < 4.78 is 13.1. The summed E-state index contributed by atoms with van der Waals surface area (Å²) >= 11 is 0. The Kier molecular flexibility index (Phi) is 4.48. The van der Waals surface area contributed by atoms with Crippen molar-refractivity contribution in [3.63, 3.8) is 0 Å². The third-order valence-corrected chi connectivity index (χ3v) is 2.92. The van der Waals surface area contributed by atoms with E-state index in [4.69, 9.17) is 5.73 Å². The topological polar surface area (TPSA) is 46.3 Å². The number of hydrogen-bond donors (Lipinski definition) is 1. The van der Waals surface area contributed by atoms with Gasteiger partial charge in [0.2, 0.25) is 0 Å². The fourth-order valence-electron chi connectivity index (χ4n) is 1.93. The minimum Gasteiger partial charge on any atom is -0.337 e. The molecule has 1 aromatic carbocycles. The Labute approximate surface area is 106 Å². The van der Waals surface area contributed by atoms with Crippen molar-refractivity contribution < 1.29 is 9.18 Å². The van der Waals surface area contributed by atoms with E-state index in [-0.39, 0.29) is 30.2 Å². The lowest BCUT2D eigenvalue weighted by atomic mass is 10.1. The molecule has 0 aromatic heterocycles. The zero-order valence-corrected chi connectivity index (χ0v) is 10.5. The van der Waals surface area contributed by atoms with Gasteiger partial charge in [0.25, 0.3) is 5.91 Å². The second-order valence-electron chi connectivity index (χ2n) is 4.26. The molecule has 17 heavy (non-hydrogen) atoms. The van der Waals surface area contributed by atoms with Crippen LogP contribution in [0, 0.1) is 12.7 Å². The van der Waals surface area contributed by atoms with Crippen LogP contribution in [0.5, 0.6) is 0 Å². The van der Waals surface area contributed by atoms with Crippen LogP contribution in [0.2, 0.25) is 0 Å². The molecule has 0 aliphatic carbocycles. The zero-order chi connectivity index (χ0) is 11.7. The summed E-state index contributed by atoms with van der Waals surface area (Å²) in [7, 11) is 0. The van der Waals surface area contributed by atoms with Crippen molar-refractivity contribution in [1.82, 2.24) is 4.90 Å². The summed E-state index contributed by atoms with van der Waals surface area (Å²) in [5, 5.41) is 0. The first kappa shape index (κ1) is 13.9. The molecule has 2 N–H and O–H groups in total. The molecule has 0 saturated carbocycles. The number of halogens is 2. The molecule has 0 unspecified atom stereocenters. The van der Waals surface area contributed by atoms with Gasteiger partial charge in [-0.3, -0.25) is 4.79 Å². The van der Waals surface area contributed by atoms with Crippen LogP contribution in [0.25, 0.3) is 0 Å². The van der Waals surface area contributed by atoms with E-state index < -0.39 is 0 Å². The molecule has 0 radical (unpaired) electrons. The van der Waals surface area contributed by atoms with Crippen LogP contribution < -0.4 is 5.73 Å². The fraction of sp³-hybridized carbons (Fsp3) is 0.417. The van der Waals surface area contributed by atoms with Gasteiger partial charge in [0, 0.05) is 24.7 Å². The van der Waals surface area contributed by atoms with Crippen molar-refractivity contribution in [2.75, 3.05) is 13.1 Å². The Morgan fingerprint density at radius 2 is 2.24 bits per heavy atom. The molecule has 1 aliphatic rings. The highest BCUT2D eigenvalue weighted by Crippen LogP contribution is 2.15. The summed E-state index contributed by atoms with van der Waals surface area (Å²) in [5.41, 5.74) is 6.77. The highest BCUT2D eigenvalue weighted by Gasteiger charge is 2.24. The Morgan fingerprint density at radius 1 is 1.53 bits per heavy atom. The molecule has 1 atom stereocenters. The van der Waals surface area contributed by atoms with Crippen LogP contribution in [0.15, 0.2) is 18.2 Å². The first-order valence-electron chi connectivity index (χ1n) is 5.39. The van der Waals surface area contributed by atoms with Crippen LogP contribution in [0.4, 0.5) is 4.39 Å². The fourth-order valence-corrected chi connectivity index (χ4v) is 1.93. The Morgan fingerprint density at radius 3 is 2.76 bits per heavy atom. The molecule has 2 rings (SSSR count). The van der Waals surface area contributed by atoms with E-state index in [9.17, 15) is 9.18 Å². The van der Waals surface area contributed by atoms with Gasteiger partial charge in [-0.1, -0.05) is 0 Å². The van der Waals surface area contributed by atoms with Crippen molar-refractivity contribution in [1.29, 1.82) is 0 Å². The van der Waals surface area contributed by atoms with Crippen LogP contribution in [-0.4, -0.2) is 29.9 Å². The quantitative estimate of drug-likeness (QED) is 0.834. The molecule has 5 heteroatoms. The van der Waals surface area contributed by atoms with Gasteiger partial charge in [-0.05, 0) is 37.1 Å². The summed E-state index contributed by atoms with van der Waals surface area (Å²) in [4.78, 5) is 13.7. The van der Waals surface area contributed by atoms with Gasteiger partial charge in [0.1, 0.15) is 5.82 Å². The molecular formula is C12H16ClFN2O. The summed E-state index contributed by atoms with van der Waals surface area (Å²) in [6.45, 7) is 2.94. The van der Waals surface area contributed by atoms with Gasteiger partial charge in [0.15, 0.2) is 0 Å². The lowest BCUT2D eigenvalue weighted by Crippen LogP contribution is -2.31. The second kappa shape index (κ2) is 5.47. The van der Waals surface area contributed by atoms with Crippen LogP contribution in [0.1, 0.15) is 22.3 Å². The maximum atomic E-state index is 13.1. The van der Waals surface area contributed by atoms with E-state index in [2.05, 4.69) is 0 Å². The first-order valence-corrected chi connectivity index (χ1v) is 5.39. The summed E-state index contributed by atoms with van der Waals surface area (Å²) in [6, 6.07) is 4.51. The van der Waals surface area contributed by atoms with Gasteiger partial charge in [-0.25, -0.2) is 4.39 Å². The van der Waals surface area contributed by atoms with Gasteiger partial charge in [-0.2, -0.15) is 0 Å². The van der Waals surface area contributed by atoms with Gasteiger partial charge in [-0.15, -0.1) is 12.4 Å². The number of rotatable bonds is 1. The van der Waals surface area contributed by atoms with Crippen molar-refractivity contribution in [2.24, 2.45) is 5.73 Å². The molecule has 1 amide bonds. The van der Waals surface area contributed by atoms with Crippen molar-refractivity contribution in [2.45, 2.75) is 19.4 Å². The molecule has 94 valence electrons. The summed E-state index contributed by atoms with van der Waals surface area (Å²) in [5.74, 6) is -0.342. The lowest BCUT2D eigenvalue weighted by molar-refractivity contribution is 0.0790.